The molecule has 2 N–H and O–H groups in total. The van der Waals surface area contributed by atoms with Crippen LogP contribution in [-0.2, 0) is 6.42 Å². The molecule has 0 spiro atoms. The van der Waals surface area contributed by atoms with Gasteiger partial charge in [-0.2, -0.15) is 5.10 Å². The van der Waals surface area contributed by atoms with E-state index in [9.17, 15) is 0 Å². The van der Waals surface area contributed by atoms with E-state index in [1.54, 1.807) is 0 Å². The zero-order chi connectivity index (χ0) is 13.1. The third kappa shape index (κ3) is 2.82. The van der Waals surface area contributed by atoms with E-state index in [1.807, 2.05) is 16.8 Å². The molecule has 0 aliphatic heterocycles. The summed E-state index contributed by atoms with van der Waals surface area (Å²) in [6, 6.07) is 10.3. The molecule has 4 heteroatoms. The molecule has 0 atom stereocenters. The molecule has 0 saturated carbocycles. The van der Waals surface area contributed by atoms with Crippen molar-refractivity contribution in [3.05, 3.63) is 46.2 Å². The van der Waals surface area contributed by atoms with Crippen LogP contribution in [0.5, 0.6) is 0 Å². The molecule has 3 nitrogen and oxygen atoms in total. The molecular weight excluding hydrogens is 290 g/mol. The Morgan fingerprint density at radius 2 is 2.11 bits per heavy atom. The Bertz CT molecular complexity index is 532. The van der Waals surface area contributed by atoms with E-state index in [-0.39, 0.29) is 0 Å². The molecule has 0 aliphatic rings. The van der Waals surface area contributed by atoms with Gasteiger partial charge in [-0.15, -0.1) is 0 Å². The van der Waals surface area contributed by atoms with E-state index in [4.69, 9.17) is 5.73 Å². The first-order valence-corrected chi connectivity index (χ1v) is 6.96. The largest absolute Gasteiger partial charge is 0.330 e. The van der Waals surface area contributed by atoms with Crippen molar-refractivity contribution in [1.82, 2.24) is 9.78 Å². The first-order valence-electron chi connectivity index (χ1n) is 6.16. The standard InChI is InChI=1S/C14H18BrN3/c1-10(2)14-9-12(6-7-16)17-18(14)13-5-3-4-11(15)8-13/h3-5,8-10H,6-7,16H2,1-2H3. The first kappa shape index (κ1) is 13.3. The highest BCUT2D eigenvalue weighted by molar-refractivity contribution is 9.10. The molecule has 0 fully saturated rings. The number of hydrogen-bond acceptors (Lipinski definition) is 2. The maximum Gasteiger partial charge on any atom is 0.0660 e. The van der Waals surface area contributed by atoms with Gasteiger partial charge in [0.2, 0.25) is 0 Å². The lowest BCUT2D eigenvalue weighted by Crippen LogP contribution is -2.05. The third-order valence-electron chi connectivity index (χ3n) is 2.83. The van der Waals surface area contributed by atoms with Crippen LogP contribution in [0.25, 0.3) is 5.69 Å². The van der Waals surface area contributed by atoms with Gasteiger partial charge < -0.3 is 5.73 Å². The number of rotatable bonds is 4. The number of aromatic nitrogens is 2. The van der Waals surface area contributed by atoms with E-state index < -0.39 is 0 Å². The van der Waals surface area contributed by atoms with Crippen molar-refractivity contribution in [3.63, 3.8) is 0 Å². The number of nitrogens with two attached hydrogens (primary N) is 1. The minimum absolute atomic E-state index is 0.433. The van der Waals surface area contributed by atoms with Crippen LogP contribution >= 0.6 is 15.9 Å². The van der Waals surface area contributed by atoms with E-state index in [2.05, 4.69) is 53.1 Å². The highest BCUT2D eigenvalue weighted by atomic mass is 79.9. The van der Waals surface area contributed by atoms with Gasteiger partial charge in [0.05, 0.1) is 11.4 Å². The van der Waals surface area contributed by atoms with Crippen molar-refractivity contribution in [3.8, 4) is 5.69 Å². The molecule has 0 bridgehead atoms. The molecule has 2 rings (SSSR count). The molecule has 0 saturated heterocycles. The molecule has 2 aromatic rings. The van der Waals surface area contributed by atoms with Crippen LogP contribution in [0.1, 0.15) is 31.2 Å². The van der Waals surface area contributed by atoms with Crippen molar-refractivity contribution in [1.29, 1.82) is 0 Å². The van der Waals surface area contributed by atoms with Crippen molar-refractivity contribution in [2.24, 2.45) is 5.73 Å². The summed E-state index contributed by atoms with van der Waals surface area (Å²) in [6.45, 7) is 4.99. The van der Waals surface area contributed by atoms with Gasteiger partial charge in [-0.1, -0.05) is 35.8 Å². The van der Waals surface area contributed by atoms with Gasteiger partial charge >= 0.3 is 0 Å². The normalized spacial score (nSPS) is 11.2. The van der Waals surface area contributed by atoms with Crippen LogP contribution in [-0.4, -0.2) is 16.3 Å². The summed E-state index contributed by atoms with van der Waals surface area (Å²) in [6.07, 6.45) is 0.820. The summed E-state index contributed by atoms with van der Waals surface area (Å²) in [5.41, 5.74) is 8.96. The highest BCUT2D eigenvalue weighted by Gasteiger charge is 2.12. The molecule has 1 aromatic heterocycles. The molecule has 0 unspecified atom stereocenters. The van der Waals surface area contributed by atoms with Gasteiger partial charge in [0, 0.05) is 16.6 Å². The van der Waals surface area contributed by atoms with Crippen molar-refractivity contribution >= 4 is 15.9 Å². The fourth-order valence-corrected chi connectivity index (χ4v) is 2.33. The predicted molar refractivity (Wildman–Crippen MR) is 78.1 cm³/mol. The van der Waals surface area contributed by atoms with Crippen LogP contribution in [0, 0.1) is 0 Å². The Balaban J connectivity index is 2.48. The third-order valence-corrected chi connectivity index (χ3v) is 3.33. The van der Waals surface area contributed by atoms with E-state index in [0.29, 0.717) is 12.5 Å². The summed E-state index contributed by atoms with van der Waals surface area (Å²) >= 11 is 3.50. The number of hydrogen-bond donors (Lipinski definition) is 1. The lowest BCUT2D eigenvalue weighted by molar-refractivity contribution is 0.725. The maximum absolute atomic E-state index is 5.60. The molecule has 1 aromatic carbocycles. The molecule has 18 heavy (non-hydrogen) atoms. The first-order chi connectivity index (χ1) is 8.61. The quantitative estimate of drug-likeness (QED) is 0.942. The van der Waals surface area contributed by atoms with Gasteiger partial charge in [0.1, 0.15) is 0 Å². The van der Waals surface area contributed by atoms with Crippen molar-refractivity contribution < 1.29 is 0 Å². The lowest BCUT2D eigenvalue weighted by atomic mass is 10.1. The molecule has 1 heterocycles. The Morgan fingerprint density at radius 1 is 1.33 bits per heavy atom. The van der Waals surface area contributed by atoms with Crippen LogP contribution in [0.3, 0.4) is 0 Å². The van der Waals surface area contributed by atoms with Gasteiger partial charge in [-0.3, -0.25) is 0 Å². The van der Waals surface area contributed by atoms with Gasteiger partial charge in [0.25, 0.3) is 0 Å². The summed E-state index contributed by atoms with van der Waals surface area (Å²) in [5, 5.41) is 4.65. The van der Waals surface area contributed by atoms with Crippen LogP contribution < -0.4 is 5.73 Å². The van der Waals surface area contributed by atoms with Gasteiger partial charge in [-0.25, -0.2) is 4.68 Å². The Kier molecular flexibility index (Phi) is 4.19. The fraction of sp³-hybridized carbons (Fsp3) is 0.357. The van der Waals surface area contributed by atoms with E-state index in [1.165, 1.54) is 5.69 Å². The van der Waals surface area contributed by atoms with Crippen LogP contribution in [0.2, 0.25) is 0 Å². The monoisotopic (exact) mass is 307 g/mol. The topological polar surface area (TPSA) is 43.8 Å². The average molecular weight is 308 g/mol. The number of benzene rings is 1. The van der Waals surface area contributed by atoms with E-state index >= 15 is 0 Å². The Labute approximate surface area is 116 Å². The van der Waals surface area contributed by atoms with Gasteiger partial charge in [0.15, 0.2) is 0 Å². The zero-order valence-electron chi connectivity index (χ0n) is 10.7. The predicted octanol–water partition coefficient (Wildman–Crippen LogP) is 3.26. The minimum atomic E-state index is 0.433. The van der Waals surface area contributed by atoms with Gasteiger partial charge in [-0.05, 0) is 36.7 Å². The molecule has 96 valence electrons. The number of halogens is 1. The Morgan fingerprint density at radius 3 is 2.72 bits per heavy atom. The summed E-state index contributed by atoms with van der Waals surface area (Å²) < 4.78 is 3.08. The minimum Gasteiger partial charge on any atom is -0.330 e. The number of nitrogens with zero attached hydrogens (tertiary/aromatic N) is 2. The second-order valence-electron chi connectivity index (χ2n) is 4.65. The SMILES string of the molecule is CC(C)c1cc(CCN)nn1-c1cccc(Br)c1. The zero-order valence-corrected chi connectivity index (χ0v) is 12.3. The molecule has 0 aliphatic carbocycles. The summed E-state index contributed by atoms with van der Waals surface area (Å²) in [7, 11) is 0. The highest BCUT2D eigenvalue weighted by Crippen LogP contribution is 2.22. The van der Waals surface area contributed by atoms with Crippen molar-refractivity contribution in [2.45, 2.75) is 26.2 Å². The second-order valence-corrected chi connectivity index (χ2v) is 5.56. The van der Waals surface area contributed by atoms with Crippen molar-refractivity contribution in [2.75, 3.05) is 6.54 Å². The smallest absolute Gasteiger partial charge is 0.0660 e. The van der Waals surface area contributed by atoms with E-state index in [0.717, 1.165) is 22.3 Å². The maximum atomic E-state index is 5.60. The summed E-state index contributed by atoms with van der Waals surface area (Å²) in [4.78, 5) is 0. The fourth-order valence-electron chi connectivity index (χ4n) is 1.94. The summed E-state index contributed by atoms with van der Waals surface area (Å²) in [5.74, 6) is 0.433. The molecular formula is C14H18BrN3. The lowest BCUT2D eigenvalue weighted by Gasteiger charge is -2.10. The second kappa shape index (κ2) is 5.67. The molecule has 0 radical (unpaired) electrons. The van der Waals surface area contributed by atoms with Crippen LogP contribution in [0.4, 0.5) is 0 Å². The average Bonchev–Trinajstić information content (AvgIpc) is 2.74. The Hall–Kier alpha value is -1.13. The molecule has 0 amide bonds. The van der Waals surface area contributed by atoms with Crippen LogP contribution in [0.15, 0.2) is 34.8 Å².